The Balaban J connectivity index is 2.18. The highest BCUT2D eigenvalue weighted by molar-refractivity contribution is 9.10. The zero-order chi connectivity index (χ0) is 11.4. The summed E-state index contributed by atoms with van der Waals surface area (Å²) in [4.78, 5) is 2.39. The van der Waals surface area contributed by atoms with Crippen LogP contribution in [0.3, 0.4) is 0 Å². The first-order valence-corrected chi connectivity index (χ1v) is 6.38. The van der Waals surface area contributed by atoms with Gasteiger partial charge in [-0.2, -0.15) is 0 Å². The van der Waals surface area contributed by atoms with Crippen LogP contribution in [0.2, 0.25) is 0 Å². The molecule has 1 fully saturated rings. The second-order valence-corrected chi connectivity index (χ2v) is 4.78. The topological polar surface area (TPSA) is 38.5 Å². The van der Waals surface area contributed by atoms with Crippen molar-refractivity contribution >= 4 is 15.9 Å². The third-order valence-corrected chi connectivity index (χ3v) is 3.70. The molecule has 0 unspecified atom stereocenters. The maximum atomic E-state index is 5.90. The molecule has 1 aliphatic rings. The van der Waals surface area contributed by atoms with Crippen LogP contribution < -0.4 is 5.73 Å². The van der Waals surface area contributed by atoms with Gasteiger partial charge in [0.1, 0.15) is 0 Å². The van der Waals surface area contributed by atoms with Gasteiger partial charge in [-0.3, -0.25) is 4.90 Å². The number of hydrogen-bond donors (Lipinski definition) is 1. The van der Waals surface area contributed by atoms with E-state index in [0.29, 0.717) is 12.6 Å². The van der Waals surface area contributed by atoms with E-state index in [4.69, 9.17) is 10.5 Å². The zero-order valence-corrected chi connectivity index (χ0v) is 10.8. The lowest BCUT2D eigenvalue weighted by Crippen LogP contribution is -2.41. The third kappa shape index (κ3) is 2.63. The molecule has 0 radical (unpaired) electrons. The maximum absolute atomic E-state index is 5.90. The first kappa shape index (κ1) is 12.0. The Morgan fingerprint density at radius 1 is 1.31 bits per heavy atom. The summed E-state index contributed by atoms with van der Waals surface area (Å²) in [6, 6.07) is 8.58. The molecular weight excluding hydrogens is 268 g/mol. The Labute approximate surface area is 105 Å². The molecule has 0 aromatic heterocycles. The molecule has 0 saturated carbocycles. The van der Waals surface area contributed by atoms with Crippen LogP contribution in [-0.4, -0.2) is 37.7 Å². The summed E-state index contributed by atoms with van der Waals surface area (Å²) in [6.07, 6.45) is 0. The minimum atomic E-state index is 0.291. The predicted octanol–water partition coefficient (Wildman–Crippen LogP) is 1.78. The number of halogens is 1. The van der Waals surface area contributed by atoms with E-state index in [0.717, 1.165) is 30.8 Å². The molecule has 2 N–H and O–H groups in total. The molecule has 1 heterocycles. The van der Waals surface area contributed by atoms with Crippen molar-refractivity contribution < 1.29 is 4.74 Å². The lowest BCUT2D eigenvalue weighted by molar-refractivity contribution is 0.0177. The number of benzene rings is 1. The highest BCUT2D eigenvalue weighted by Gasteiger charge is 2.22. The minimum absolute atomic E-state index is 0.291. The lowest BCUT2D eigenvalue weighted by Gasteiger charge is -2.34. The maximum Gasteiger partial charge on any atom is 0.0594 e. The second-order valence-electron chi connectivity index (χ2n) is 3.92. The monoisotopic (exact) mass is 284 g/mol. The average Bonchev–Trinajstić information content (AvgIpc) is 2.34. The molecule has 1 atom stereocenters. The van der Waals surface area contributed by atoms with E-state index in [1.807, 2.05) is 6.07 Å². The van der Waals surface area contributed by atoms with Crippen LogP contribution in [-0.2, 0) is 4.74 Å². The Morgan fingerprint density at radius 3 is 2.62 bits per heavy atom. The van der Waals surface area contributed by atoms with E-state index in [-0.39, 0.29) is 0 Å². The van der Waals surface area contributed by atoms with E-state index in [9.17, 15) is 0 Å². The summed E-state index contributed by atoms with van der Waals surface area (Å²) < 4.78 is 6.50. The van der Waals surface area contributed by atoms with Crippen molar-refractivity contribution in [2.45, 2.75) is 6.04 Å². The molecule has 0 spiro atoms. The zero-order valence-electron chi connectivity index (χ0n) is 9.23. The Bertz CT molecular complexity index is 340. The molecule has 0 bridgehead atoms. The quantitative estimate of drug-likeness (QED) is 0.920. The third-order valence-electron chi connectivity index (χ3n) is 2.97. The molecule has 88 valence electrons. The van der Waals surface area contributed by atoms with Gasteiger partial charge >= 0.3 is 0 Å². The van der Waals surface area contributed by atoms with Crippen molar-refractivity contribution in [1.29, 1.82) is 0 Å². The Kier molecular flexibility index (Phi) is 4.35. The van der Waals surface area contributed by atoms with Gasteiger partial charge in [0, 0.05) is 30.1 Å². The number of morpholine rings is 1. The first-order valence-electron chi connectivity index (χ1n) is 5.59. The second kappa shape index (κ2) is 5.77. The molecule has 1 aliphatic heterocycles. The van der Waals surface area contributed by atoms with Gasteiger partial charge in [-0.1, -0.05) is 34.1 Å². The normalized spacial score (nSPS) is 19.6. The van der Waals surface area contributed by atoms with Gasteiger partial charge in [0.05, 0.1) is 13.2 Å². The van der Waals surface area contributed by atoms with Crippen LogP contribution in [0.5, 0.6) is 0 Å². The van der Waals surface area contributed by atoms with Crippen LogP contribution in [0, 0.1) is 0 Å². The molecule has 16 heavy (non-hydrogen) atoms. The van der Waals surface area contributed by atoms with Crippen molar-refractivity contribution in [2.24, 2.45) is 5.73 Å². The van der Waals surface area contributed by atoms with Crippen LogP contribution in [0.25, 0.3) is 0 Å². The molecule has 3 nitrogen and oxygen atoms in total. The molecule has 0 aliphatic carbocycles. The fourth-order valence-electron chi connectivity index (χ4n) is 2.11. The SMILES string of the molecule is NC[C@H](c1ccccc1Br)N1CCOCC1. The van der Waals surface area contributed by atoms with Crippen LogP contribution in [0.4, 0.5) is 0 Å². The fraction of sp³-hybridized carbons (Fsp3) is 0.500. The highest BCUT2D eigenvalue weighted by atomic mass is 79.9. The van der Waals surface area contributed by atoms with E-state index in [1.54, 1.807) is 0 Å². The smallest absolute Gasteiger partial charge is 0.0594 e. The molecule has 2 rings (SSSR count). The average molecular weight is 285 g/mol. The van der Waals surface area contributed by atoms with Crippen LogP contribution >= 0.6 is 15.9 Å². The fourth-order valence-corrected chi connectivity index (χ4v) is 2.66. The predicted molar refractivity (Wildman–Crippen MR) is 68.3 cm³/mol. The Morgan fingerprint density at radius 2 is 2.00 bits per heavy atom. The van der Waals surface area contributed by atoms with Crippen molar-refractivity contribution in [3.8, 4) is 0 Å². The van der Waals surface area contributed by atoms with E-state index < -0.39 is 0 Å². The Hall–Kier alpha value is -0.420. The minimum Gasteiger partial charge on any atom is -0.379 e. The molecule has 1 saturated heterocycles. The number of nitrogens with zero attached hydrogens (tertiary/aromatic N) is 1. The van der Waals surface area contributed by atoms with Gasteiger partial charge in [-0.15, -0.1) is 0 Å². The lowest BCUT2D eigenvalue weighted by atomic mass is 10.1. The van der Waals surface area contributed by atoms with Crippen molar-refractivity contribution in [3.05, 3.63) is 34.3 Å². The van der Waals surface area contributed by atoms with Gasteiger partial charge < -0.3 is 10.5 Å². The summed E-state index contributed by atoms with van der Waals surface area (Å²) in [5.74, 6) is 0. The van der Waals surface area contributed by atoms with Crippen molar-refractivity contribution in [2.75, 3.05) is 32.8 Å². The van der Waals surface area contributed by atoms with Gasteiger partial charge in [-0.05, 0) is 11.6 Å². The molecule has 1 aromatic carbocycles. The molecule has 0 amide bonds. The number of nitrogens with two attached hydrogens (primary N) is 1. The standard InChI is InChI=1S/C12H17BrN2O/c13-11-4-2-1-3-10(11)12(9-14)15-5-7-16-8-6-15/h1-4,12H,5-9,14H2/t12-/m1/s1. The number of ether oxygens (including phenoxy) is 1. The van der Waals surface area contributed by atoms with E-state index >= 15 is 0 Å². The summed E-state index contributed by atoms with van der Waals surface area (Å²) >= 11 is 3.59. The summed E-state index contributed by atoms with van der Waals surface area (Å²) in [6.45, 7) is 4.18. The molecular formula is C12H17BrN2O. The molecule has 4 heteroatoms. The van der Waals surface area contributed by atoms with Gasteiger partial charge in [0.25, 0.3) is 0 Å². The van der Waals surface area contributed by atoms with Gasteiger partial charge in [0.15, 0.2) is 0 Å². The number of hydrogen-bond acceptors (Lipinski definition) is 3. The summed E-state index contributed by atoms with van der Waals surface area (Å²) in [5.41, 5.74) is 7.17. The summed E-state index contributed by atoms with van der Waals surface area (Å²) in [7, 11) is 0. The largest absolute Gasteiger partial charge is 0.379 e. The first-order chi connectivity index (χ1) is 7.83. The number of rotatable bonds is 3. The van der Waals surface area contributed by atoms with E-state index in [2.05, 4.69) is 39.0 Å². The van der Waals surface area contributed by atoms with E-state index in [1.165, 1.54) is 5.56 Å². The van der Waals surface area contributed by atoms with Crippen LogP contribution in [0.1, 0.15) is 11.6 Å². The van der Waals surface area contributed by atoms with Crippen molar-refractivity contribution in [1.82, 2.24) is 4.90 Å². The summed E-state index contributed by atoms with van der Waals surface area (Å²) in [5, 5.41) is 0. The van der Waals surface area contributed by atoms with Crippen molar-refractivity contribution in [3.63, 3.8) is 0 Å². The van der Waals surface area contributed by atoms with Gasteiger partial charge in [0.2, 0.25) is 0 Å². The van der Waals surface area contributed by atoms with Crippen LogP contribution in [0.15, 0.2) is 28.7 Å². The van der Waals surface area contributed by atoms with Gasteiger partial charge in [-0.25, -0.2) is 0 Å². The molecule has 1 aromatic rings. The highest BCUT2D eigenvalue weighted by Crippen LogP contribution is 2.27.